The van der Waals surface area contributed by atoms with Crippen molar-refractivity contribution in [3.05, 3.63) is 51.9 Å². The van der Waals surface area contributed by atoms with E-state index >= 15 is 0 Å². The van der Waals surface area contributed by atoms with Gasteiger partial charge in [-0.3, -0.25) is 4.79 Å². The van der Waals surface area contributed by atoms with Gasteiger partial charge in [0.15, 0.2) is 0 Å². The summed E-state index contributed by atoms with van der Waals surface area (Å²) in [6.45, 7) is 0. The van der Waals surface area contributed by atoms with Gasteiger partial charge in [0.1, 0.15) is 0 Å². The summed E-state index contributed by atoms with van der Waals surface area (Å²) < 4.78 is 0. The minimum atomic E-state index is -0.102. The molecule has 13 heavy (non-hydrogen) atoms. The molecule has 2 aromatic rings. The molecule has 0 unspecified atom stereocenters. The van der Waals surface area contributed by atoms with E-state index in [0.717, 1.165) is 22.9 Å². The van der Waals surface area contributed by atoms with Crippen LogP contribution in [0.5, 0.6) is 0 Å². The van der Waals surface area contributed by atoms with Gasteiger partial charge in [0.2, 0.25) is 0 Å². The lowest BCUT2D eigenvalue weighted by Crippen LogP contribution is -2.05. The van der Waals surface area contributed by atoms with Crippen molar-refractivity contribution in [2.75, 3.05) is 0 Å². The van der Waals surface area contributed by atoms with Gasteiger partial charge in [0.25, 0.3) is 5.56 Å². The average Bonchev–Trinajstić information content (AvgIpc) is 2.30. The molecule has 0 saturated heterocycles. The lowest BCUT2D eigenvalue weighted by atomic mass is 9.97. The second-order valence-corrected chi connectivity index (χ2v) is 3.30. The first-order valence-corrected chi connectivity index (χ1v) is 4.26. The molecule has 2 heterocycles. The van der Waals surface area contributed by atoms with E-state index in [1.54, 1.807) is 0 Å². The summed E-state index contributed by atoms with van der Waals surface area (Å²) in [6.07, 6.45) is 0.850. The third-order valence-corrected chi connectivity index (χ3v) is 2.46. The van der Waals surface area contributed by atoms with Crippen molar-refractivity contribution in [3.63, 3.8) is 0 Å². The first-order chi connectivity index (χ1) is 6.34. The summed E-state index contributed by atoms with van der Waals surface area (Å²) in [5.74, 6) is 0. The van der Waals surface area contributed by atoms with Crippen LogP contribution in [0, 0.1) is 0 Å². The summed E-state index contributed by atoms with van der Waals surface area (Å²) in [6, 6.07) is 9.64. The van der Waals surface area contributed by atoms with Crippen molar-refractivity contribution < 1.29 is 0 Å². The third-order valence-electron chi connectivity index (χ3n) is 2.46. The average molecular weight is 169 g/mol. The maximum Gasteiger partial charge on any atom is 0.277 e. The standard InChI is InChI=1S/C11H7NO/c13-11-10-4-2-1-3-9(10)7-5-8(6-7)12-11/h1-5H,6H2. The smallest absolute Gasteiger partial charge is 0.267 e. The molecule has 0 radical (unpaired) electrons. The Labute approximate surface area is 74.9 Å². The van der Waals surface area contributed by atoms with Crippen molar-refractivity contribution in [3.8, 4) is 0 Å². The Morgan fingerprint density at radius 1 is 1.15 bits per heavy atom. The van der Waals surface area contributed by atoms with Crippen LogP contribution in [-0.2, 0) is 6.42 Å². The number of rotatable bonds is 0. The molecule has 0 N–H and O–H groups in total. The van der Waals surface area contributed by atoms with E-state index in [1.807, 2.05) is 30.3 Å². The molecule has 0 atom stereocenters. The van der Waals surface area contributed by atoms with Gasteiger partial charge < -0.3 is 0 Å². The van der Waals surface area contributed by atoms with Crippen LogP contribution in [0.4, 0.5) is 0 Å². The maximum absolute atomic E-state index is 11.5. The number of hydrogen-bond acceptors (Lipinski definition) is 2. The minimum absolute atomic E-state index is 0.102. The second-order valence-electron chi connectivity index (χ2n) is 3.30. The van der Waals surface area contributed by atoms with Gasteiger partial charge in [-0.15, -0.1) is 0 Å². The largest absolute Gasteiger partial charge is 0.277 e. The van der Waals surface area contributed by atoms with E-state index in [0.29, 0.717) is 0 Å². The van der Waals surface area contributed by atoms with Gasteiger partial charge in [-0.2, -0.15) is 0 Å². The third kappa shape index (κ3) is 0.827. The highest BCUT2D eigenvalue weighted by Gasteiger charge is 2.13. The first kappa shape index (κ1) is 6.78. The Bertz CT molecular complexity index is 560. The molecule has 0 amide bonds. The van der Waals surface area contributed by atoms with Crippen LogP contribution >= 0.6 is 0 Å². The van der Waals surface area contributed by atoms with Crippen LogP contribution in [0.15, 0.2) is 35.1 Å². The number of aromatic nitrogens is 1. The molecule has 1 aliphatic carbocycles. The molecule has 1 aliphatic heterocycles. The van der Waals surface area contributed by atoms with Crippen LogP contribution in [0.25, 0.3) is 10.8 Å². The molecule has 62 valence electrons. The van der Waals surface area contributed by atoms with E-state index in [-0.39, 0.29) is 5.56 Å². The summed E-state index contributed by atoms with van der Waals surface area (Å²) in [5, 5.41) is 1.79. The van der Waals surface area contributed by atoms with Crippen LogP contribution in [0.2, 0.25) is 0 Å². The highest BCUT2D eigenvalue weighted by Crippen LogP contribution is 2.23. The number of fused-ring (bicyclic) bond motifs is 1. The van der Waals surface area contributed by atoms with Crippen LogP contribution < -0.4 is 5.56 Å². The maximum atomic E-state index is 11.5. The Balaban J connectivity index is 2.68. The number of benzene rings is 1. The van der Waals surface area contributed by atoms with Gasteiger partial charge in [-0.1, -0.05) is 18.2 Å². The summed E-state index contributed by atoms with van der Waals surface area (Å²) in [7, 11) is 0. The van der Waals surface area contributed by atoms with Crippen molar-refractivity contribution in [1.29, 1.82) is 0 Å². The highest BCUT2D eigenvalue weighted by atomic mass is 16.1. The van der Waals surface area contributed by atoms with E-state index in [2.05, 4.69) is 4.98 Å². The zero-order chi connectivity index (χ0) is 8.84. The quantitative estimate of drug-likeness (QED) is 0.510. The van der Waals surface area contributed by atoms with E-state index < -0.39 is 0 Å². The zero-order valence-electron chi connectivity index (χ0n) is 6.95. The predicted octanol–water partition coefficient (Wildman–Crippen LogP) is 1.50. The molecule has 2 heteroatoms. The van der Waals surface area contributed by atoms with E-state index in [9.17, 15) is 4.79 Å². The van der Waals surface area contributed by atoms with Crippen LogP contribution in [0.1, 0.15) is 11.3 Å². The van der Waals surface area contributed by atoms with Crippen molar-refractivity contribution in [2.45, 2.75) is 6.42 Å². The summed E-state index contributed by atoms with van der Waals surface area (Å²) in [5.41, 5.74) is 2.05. The molecule has 0 saturated carbocycles. The van der Waals surface area contributed by atoms with E-state index in [1.165, 1.54) is 5.56 Å². The van der Waals surface area contributed by atoms with Crippen LogP contribution in [0.3, 0.4) is 0 Å². The summed E-state index contributed by atoms with van der Waals surface area (Å²) in [4.78, 5) is 15.5. The highest BCUT2D eigenvalue weighted by molar-refractivity contribution is 5.85. The molecular weight excluding hydrogens is 162 g/mol. The lowest BCUT2D eigenvalue weighted by Gasteiger charge is -2.07. The monoisotopic (exact) mass is 169 g/mol. The molecule has 1 aromatic carbocycles. The lowest BCUT2D eigenvalue weighted by molar-refractivity contribution is 1.02. The van der Waals surface area contributed by atoms with Gasteiger partial charge in [-0.25, -0.2) is 4.98 Å². The normalized spacial score (nSPS) is 12.6. The second kappa shape index (κ2) is 2.16. The molecule has 2 nitrogen and oxygen atoms in total. The SMILES string of the molecule is O=c1nc2cc(c3ccccc13)C2. The Kier molecular flexibility index (Phi) is 1.13. The molecule has 2 aliphatic rings. The van der Waals surface area contributed by atoms with Gasteiger partial charge >= 0.3 is 0 Å². The Morgan fingerprint density at radius 3 is 2.62 bits per heavy atom. The predicted molar refractivity (Wildman–Crippen MR) is 50.8 cm³/mol. The first-order valence-electron chi connectivity index (χ1n) is 4.26. The van der Waals surface area contributed by atoms with Gasteiger partial charge in [0.05, 0.1) is 0 Å². The van der Waals surface area contributed by atoms with Crippen molar-refractivity contribution in [1.82, 2.24) is 4.98 Å². The molecular formula is C11H7NO. The van der Waals surface area contributed by atoms with E-state index in [4.69, 9.17) is 0 Å². The van der Waals surface area contributed by atoms with Crippen molar-refractivity contribution >= 4 is 10.8 Å². The zero-order valence-corrected chi connectivity index (χ0v) is 6.95. The Hall–Kier alpha value is -1.70. The van der Waals surface area contributed by atoms with Gasteiger partial charge in [0, 0.05) is 17.5 Å². The topological polar surface area (TPSA) is 30.0 Å². The number of hydrogen-bond donors (Lipinski definition) is 0. The fraction of sp³-hybridized carbons (Fsp3) is 0.0909. The fourth-order valence-electron chi connectivity index (χ4n) is 1.75. The number of nitrogens with zero attached hydrogens (tertiary/aromatic N) is 1. The van der Waals surface area contributed by atoms with Gasteiger partial charge in [-0.05, 0) is 23.1 Å². The molecule has 1 aromatic heterocycles. The molecule has 0 spiro atoms. The fourth-order valence-corrected chi connectivity index (χ4v) is 1.75. The summed E-state index contributed by atoms with van der Waals surface area (Å²) >= 11 is 0. The van der Waals surface area contributed by atoms with Crippen LogP contribution in [-0.4, -0.2) is 4.98 Å². The molecule has 0 fully saturated rings. The Morgan fingerprint density at radius 2 is 1.85 bits per heavy atom. The molecule has 4 rings (SSSR count). The molecule has 2 bridgehead atoms. The minimum Gasteiger partial charge on any atom is -0.267 e. The van der Waals surface area contributed by atoms with Crippen molar-refractivity contribution in [2.24, 2.45) is 0 Å².